The SMILES string of the molecule is CS(=O)(=O)Nc1ccc(NC(=O)CCCCN)cc1. The van der Waals surface area contributed by atoms with Gasteiger partial charge < -0.3 is 11.1 Å². The fourth-order valence-electron chi connectivity index (χ4n) is 1.49. The number of rotatable bonds is 7. The van der Waals surface area contributed by atoms with Crippen molar-refractivity contribution in [3.8, 4) is 0 Å². The van der Waals surface area contributed by atoms with Gasteiger partial charge in [0.1, 0.15) is 0 Å². The first-order valence-corrected chi connectivity index (χ1v) is 7.87. The highest BCUT2D eigenvalue weighted by atomic mass is 32.2. The van der Waals surface area contributed by atoms with E-state index < -0.39 is 10.0 Å². The molecule has 0 aliphatic carbocycles. The number of sulfonamides is 1. The van der Waals surface area contributed by atoms with Gasteiger partial charge in [0, 0.05) is 17.8 Å². The normalized spacial score (nSPS) is 11.1. The molecule has 0 heterocycles. The van der Waals surface area contributed by atoms with Gasteiger partial charge in [-0.1, -0.05) is 0 Å². The molecule has 7 heteroatoms. The van der Waals surface area contributed by atoms with E-state index in [-0.39, 0.29) is 5.91 Å². The van der Waals surface area contributed by atoms with Crippen LogP contribution in [0.5, 0.6) is 0 Å². The van der Waals surface area contributed by atoms with Crippen molar-refractivity contribution in [3.05, 3.63) is 24.3 Å². The second-order valence-corrected chi connectivity index (χ2v) is 5.99. The Morgan fingerprint density at radius 2 is 1.74 bits per heavy atom. The molecule has 1 amide bonds. The molecular formula is C12H19N3O3S. The van der Waals surface area contributed by atoms with Crippen molar-refractivity contribution in [1.29, 1.82) is 0 Å². The zero-order valence-corrected chi connectivity index (χ0v) is 11.7. The zero-order chi connectivity index (χ0) is 14.3. The van der Waals surface area contributed by atoms with Crippen LogP contribution in [0.3, 0.4) is 0 Å². The van der Waals surface area contributed by atoms with Crippen LogP contribution >= 0.6 is 0 Å². The average molecular weight is 285 g/mol. The van der Waals surface area contributed by atoms with E-state index in [4.69, 9.17) is 5.73 Å². The third kappa shape index (κ3) is 6.78. The van der Waals surface area contributed by atoms with E-state index in [0.29, 0.717) is 24.3 Å². The van der Waals surface area contributed by atoms with Crippen molar-refractivity contribution in [3.63, 3.8) is 0 Å². The molecule has 4 N–H and O–H groups in total. The molecule has 1 aromatic rings. The minimum atomic E-state index is -3.28. The third-order valence-corrected chi connectivity index (χ3v) is 2.94. The fraction of sp³-hybridized carbons (Fsp3) is 0.417. The van der Waals surface area contributed by atoms with Crippen molar-refractivity contribution in [2.45, 2.75) is 19.3 Å². The Kier molecular flexibility index (Phi) is 5.78. The Labute approximate surface area is 113 Å². The molecule has 19 heavy (non-hydrogen) atoms. The molecule has 1 aromatic carbocycles. The van der Waals surface area contributed by atoms with Gasteiger partial charge in [0.2, 0.25) is 15.9 Å². The predicted octanol–water partition coefficient (Wildman–Crippen LogP) is 1.13. The smallest absolute Gasteiger partial charge is 0.229 e. The molecule has 0 saturated carbocycles. The minimum Gasteiger partial charge on any atom is -0.330 e. The third-order valence-electron chi connectivity index (χ3n) is 2.33. The summed E-state index contributed by atoms with van der Waals surface area (Å²) in [5, 5.41) is 2.73. The van der Waals surface area contributed by atoms with Crippen LogP contribution in [0.25, 0.3) is 0 Å². The van der Waals surface area contributed by atoms with Gasteiger partial charge in [-0.15, -0.1) is 0 Å². The lowest BCUT2D eigenvalue weighted by molar-refractivity contribution is -0.116. The summed E-state index contributed by atoms with van der Waals surface area (Å²) in [6.45, 7) is 0.582. The number of amides is 1. The van der Waals surface area contributed by atoms with Crippen molar-refractivity contribution in [2.24, 2.45) is 5.73 Å². The molecule has 0 fully saturated rings. The summed E-state index contributed by atoms with van der Waals surface area (Å²) in [5.74, 6) is -0.0720. The maximum atomic E-state index is 11.5. The second kappa shape index (κ2) is 7.10. The van der Waals surface area contributed by atoms with Crippen molar-refractivity contribution >= 4 is 27.3 Å². The van der Waals surface area contributed by atoms with Crippen LogP contribution in [0.1, 0.15) is 19.3 Å². The zero-order valence-electron chi connectivity index (χ0n) is 10.8. The van der Waals surface area contributed by atoms with Gasteiger partial charge >= 0.3 is 0 Å². The molecule has 0 aliphatic heterocycles. The molecule has 0 radical (unpaired) electrons. The van der Waals surface area contributed by atoms with E-state index in [1.54, 1.807) is 24.3 Å². The number of carbonyl (C=O) groups excluding carboxylic acids is 1. The van der Waals surface area contributed by atoms with Crippen LogP contribution in [0.15, 0.2) is 24.3 Å². The molecule has 0 atom stereocenters. The van der Waals surface area contributed by atoms with Gasteiger partial charge in [0.25, 0.3) is 0 Å². The molecule has 0 aromatic heterocycles. The lowest BCUT2D eigenvalue weighted by Gasteiger charge is -2.07. The first-order chi connectivity index (χ1) is 8.90. The Balaban J connectivity index is 2.50. The highest BCUT2D eigenvalue weighted by Crippen LogP contribution is 2.14. The lowest BCUT2D eigenvalue weighted by atomic mass is 10.2. The Bertz CT molecular complexity index is 512. The summed E-state index contributed by atoms with van der Waals surface area (Å²) in [4.78, 5) is 11.5. The maximum Gasteiger partial charge on any atom is 0.229 e. The molecule has 0 aliphatic rings. The number of unbranched alkanes of at least 4 members (excludes halogenated alkanes) is 1. The number of hydrogen-bond donors (Lipinski definition) is 3. The van der Waals surface area contributed by atoms with E-state index >= 15 is 0 Å². The minimum absolute atomic E-state index is 0.0720. The monoisotopic (exact) mass is 285 g/mol. The first-order valence-electron chi connectivity index (χ1n) is 5.98. The molecule has 0 bridgehead atoms. The molecule has 106 valence electrons. The molecule has 0 spiro atoms. The van der Waals surface area contributed by atoms with Gasteiger partial charge in [-0.3, -0.25) is 9.52 Å². The molecular weight excluding hydrogens is 266 g/mol. The van der Waals surface area contributed by atoms with Crippen molar-refractivity contribution in [1.82, 2.24) is 0 Å². The van der Waals surface area contributed by atoms with Crippen LogP contribution in [0.4, 0.5) is 11.4 Å². The highest BCUT2D eigenvalue weighted by Gasteiger charge is 2.04. The van der Waals surface area contributed by atoms with Gasteiger partial charge in [-0.2, -0.15) is 0 Å². The first kappa shape index (κ1) is 15.5. The number of anilines is 2. The van der Waals surface area contributed by atoms with E-state index in [9.17, 15) is 13.2 Å². The summed E-state index contributed by atoms with van der Waals surface area (Å²) in [7, 11) is -3.28. The van der Waals surface area contributed by atoms with Crippen LogP contribution < -0.4 is 15.8 Å². The molecule has 0 saturated heterocycles. The van der Waals surface area contributed by atoms with Crippen LogP contribution in [0, 0.1) is 0 Å². The Hall–Kier alpha value is -1.60. The van der Waals surface area contributed by atoms with Crippen molar-refractivity contribution in [2.75, 3.05) is 22.8 Å². The van der Waals surface area contributed by atoms with Crippen LogP contribution in [-0.2, 0) is 14.8 Å². The summed E-state index contributed by atoms with van der Waals surface area (Å²) >= 11 is 0. The summed E-state index contributed by atoms with van der Waals surface area (Å²) in [6, 6.07) is 6.48. The van der Waals surface area contributed by atoms with Crippen molar-refractivity contribution < 1.29 is 13.2 Å². The lowest BCUT2D eigenvalue weighted by Crippen LogP contribution is -2.12. The van der Waals surface area contributed by atoms with E-state index in [2.05, 4.69) is 10.0 Å². The number of nitrogens with one attached hydrogen (secondary N) is 2. The second-order valence-electron chi connectivity index (χ2n) is 4.25. The van der Waals surface area contributed by atoms with Gasteiger partial charge in [0.15, 0.2) is 0 Å². The highest BCUT2D eigenvalue weighted by molar-refractivity contribution is 7.92. The van der Waals surface area contributed by atoms with E-state index in [0.717, 1.165) is 19.1 Å². The molecule has 0 unspecified atom stereocenters. The van der Waals surface area contributed by atoms with E-state index in [1.165, 1.54) is 0 Å². The molecule has 6 nitrogen and oxygen atoms in total. The van der Waals surface area contributed by atoms with E-state index in [1.807, 2.05) is 0 Å². The number of nitrogens with two attached hydrogens (primary N) is 1. The van der Waals surface area contributed by atoms with Gasteiger partial charge in [0.05, 0.1) is 6.26 Å². The number of carbonyl (C=O) groups is 1. The average Bonchev–Trinajstić information content (AvgIpc) is 2.30. The van der Waals surface area contributed by atoms with Crippen LogP contribution in [-0.4, -0.2) is 27.1 Å². The molecule has 1 rings (SSSR count). The number of hydrogen-bond acceptors (Lipinski definition) is 4. The topological polar surface area (TPSA) is 101 Å². The quantitative estimate of drug-likeness (QED) is 0.653. The Morgan fingerprint density at radius 1 is 1.16 bits per heavy atom. The predicted molar refractivity (Wildman–Crippen MR) is 76.4 cm³/mol. The standard InChI is InChI=1S/C12H19N3O3S/c1-19(17,18)15-11-7-5-10(6-8-11)14-12(16)4-2-3-9-13/h5-8,15H,2-4,9,13H2,1H3,(H,14,16). The summed E-state index contributed by atoms with van der Waals surface area (Å²) in [6.07, 6.45) is 3.10. The maximum absolute atomic E-state index is 11.5. The number of benzene rings is 1. The van der Waals surface area contributed by atoms with Gasteiger partial charge in [-0.25, -0.2) is 8.42 Å². The largest absolute Gasteiger partial charge is 0.330 e. The van der Waals surface area contributed by atoms with Gasteiger partial charge in [-0.05, 0) is 43.7 Å². The van der Waals surface area contributed by atoms with Crippen LogP contribution in [0.2, 0.25) is 0 Å². The summed E-state index contributed by atoms with van der Waals surface area (Å²) < 4.78 is 24.4. The fourth-order valence-corrected chi connectivity index (χ4v) is 2.05. The summed E-state index contributed by atoms with van der Waals surface area (Å²) in [5.41, 5.74) is 6.44. The Morgan fingerprint density at radius 3 is 2.26 bits per heavy atom.